The molecule has 1 aliphatic rings. The fraction of sp³-hybridized carbons (Fsp3) is 0. The normalized spacial score (nSPS) is 15.1. The van der Waals surface area contributed by atoms with Crippen LogP contribution >= 0.6 is 11.6 Å². The third-order valence-electron chi connectivity index (χ3n) is 0.611. The van der Waals surface area contributed by atoms with Crippen LogP contribution in [0.25, 0.3) is 0 Å². The molecule has 0 saturated heterocycles. The molecule has 1 rings (SSSR count). The molecular formula is C3HClN2W4. The molecule has 1 heterocycles. The van der Waals surface area contributed by atoms with Gasteiger partial charge >= 0.3 is 106 Å². The molecule has 0 radical (unpaired) electrons. The molecule has 0 aromatic carbocycles. The van der Waals surface area contributed by atoms with Gasteiger partial charge in [-0.25, -0.2) is 0 Å². The van der Waals surface area contributed by atoms with Crippen LogP contribution in [-0.4, -0.2) is 13.3 Å². The standard InChI is InChI=1S/C3HClN2.4W/c4-3-5-1-2-6-3;;;;/h5H;;;;. The van der Waals surface area contributed by atoms with Gasteiger partial charge in [-0.15, -0.1) is 0 Å². The van der Waals surface area contributed by atoms with Gasteiger partial charge < -0.3 is 0 Å². The van der Waals surface area contributed by atoms with E-state index in [1.807, 2.05) is 0 Å². The second-order valence-electron chi connectivity index (χ2n) is 1.16. The van der Waals surface area contributed by atoms with Gasteiger partial charge in [0.2, 0.25) is 0 Å². The zero-order valence-corrected chi connectivity index (χ0v) is 16.9. The topological polar surface area (TPSA) is 24.4 Å². The Labute approximate surface area is 105 Å². The number of rotatable bonds is 0. The molecule has 54 valence electrons. The summed E-state index contributed by atoms with van der Waals surface area (Å²) in [5.74, 6) is 0. The van der Waals surface area contributed by atoms with E-state index in [9.17, 15) is 0 Å². The van der Waals surface area contributed by atoms with Crippen molar-refractivity contribution in [3.63, 3.8) is 0 Å². The summed E-state index contributed by atoms with van der Waals surface area (Å²) in [4.78, 5) is 3.98. The van der Waals surface area contributed by atoms with Crippen molar-refractivity contribution in [1.29, 1.82) is 0 Å². The molecule has 1 aliphatic heterocycles. The molecule has 0 unspecified atom stereocenters. The van der Waals surface area contributed by atoms with Gasteiger partial charge in [0.25, 0.3) is 0 Å². The van der Waals surface area contributed by atoms with Crippen LogP contribution in [0.3, 0.4) is 0 Å². The van der Waals surface area contributed by atoms with Crippen LogP contribution in [0, 0.1) is 0 Å². The molecule has 2 nitrogen and oxygen atoms in total. The molecular weight excluding hydrogens is 835 g/mol. The van der Waals surface area contributed by atoms with Gasteiger partial charge in [-0.05, 0) is 0 Å². The quantitative estimate of drug-likeness (QED) is 0.329. The fourth-order valence-corrected chi connectivity index (χ4v) is 1.94. The molecule has 0 aliphatic carbocycles. The summed E-state index contributed by atoms with van der Waals surface area (Å²) in [6.07, 6.45) is 0. The van der Waals surface area contributed by atoms with E-state index in [4.69, 9.17) is 11.6 Å². The number of nitrogens with zero attached hydrogens (tertiary/aromatic N) is 1. The summed E-state index contributed by atoms with van der Waals surface area (Å²) >= 11 is 11.6. The molecule has 0 fully saturated rings. The maximum atomic E-state index is 5.53. The van der Waals surface area contributed by atoms with Crippen LogP contribution in [0.5, 0.6) is 0 Å². The van der Waals surface area contributed by atoms with Gasteiger partial charge in [0.15, 0.2) is 0 Å². The van der Waals surface area contributed by atoms with Crippen molar-refractivity contribution in [1.82, 2.24) is 5.32 Å². The van der Waals surface area contributed by atoms with Gasteiger partial charge in [-0.2, -0.15) is 0 Å². The summed E-state index contributed by atoms with van der Waals surface area (Å²) < 4.78 is 2.25. The number of hydrogen-bond donors (Lipinski definition) is 1. The fourth-order valence-electron chi connectivity index (χ4n) is 0.315. The zero-order chi connectivity index (χ0) is 8.15. The molecule has 7 heteroatoms. The monoisotopic (exact) mass is 836 g/mol. The van der Waals surface area contributed by atoms with Crippen molar-refractivity contribution in [2.45, 2.75) is 0 Å². The second-order valence-corrected chi connectivity index (χ2v) is 4.38. The summed E-state index contributed by atoms with van der Waals surface area (Å²) in [6, 6.07) is 0. The van der Waals surface area contributed by atoms with E-state index in [2.05, 4.69) is 10.3 Å². The average molecular weight is 836 g/mol. The van der Waals surface area contributed by atoms with Crippen molar-refractivity contribution >= 4 is 24.9 Å². The van der Waals surface area contributed by atoms with E-state index in [1.54, 1.807) is 32.4 Å². The van der Waals surface area contributed by atoms with E-state index in [-0.39, 0.29) is 0 Å². The first-order valence-corrected chi connectivity index (χ1v) is 16.3. The molecule has 1 N–H and O–H groups in total. The molecule has 10 heavy (non-hydrogen) atoms. The van der Waals surface area contributed by atoms with Crippen LogP contribution < -0.4 is 5.32 Å². The molecule has 0 bridgehead atoms. The number of amidine groups is 1. The predicted molar refractivity (Wildman–Crippen MR) is 26.4 cm³/mol. The summed E-state index contributed by atoms with van der Waals surface area (Å²) in [7, 11) is 0. The Morgan fingerprint density at radius 3 is 1.90 bits per heavy atom. The average Bonchev–Trinajstić information content (AvgIpc) is 2.16. The molecule has 0 spiro atoms. The Morgan fingerprint density at radius 1 is 1.30 bits per heavy atom. The third kappa shape index (κ3) is 4.32. The maximum absolute atomic E-state index is 5.53. The minimum atomic E-state index is 0.514. The summed E-state index contributed by atoms with van der Waals surface area (Å²) in [5.41, 5.74) is 0. The van der Waals surface area contributed by atoms with Crippen LogP contribution in [0.2, 0.25) is 0 Å². The third-order valence-corrected chi connectivity index (χ3v) is 4.93. The Kier molecular flexibility index (Phi) is 8.25. The van der Waals surface area contributed by atoms with Gasteiger partial charge in [0.05, 0.1) is 0 Å². The molecule has 0 atom stereocenters. The number of halogens is 1. The number of aliphatic imine (C=N–C) groups is 1. The molecule has 0 aromatic heterocycles. The van der Waals surface area contributed by atoms with Crippen molar-refractivity contribution in [3.8, 4) is 0 Å². The first-order valence-electron chi connectivity index (χ1n) is 1.96. The van der Waals surface area contributed by atoms with Crippen molar-refractivity contribution in [3.05, 3.63) is 0 Å². The first kappa shape index (κ1) is 12.3. The predicted octanol–water partition coefficient (Wildman–Crippen LogP) is -0.467. The van der Waals surface area contributed by atoms with E-state index < -0.39 is 0 Å². The van der Waals surface area contributed by atoms with Gasteiger partial charge in [-0.3, -0.25) is 0 Å². The van der Waals surface area contributed by atoms with Gasteiger partial charge in [0.1, 0.15) is 0 Å². The van der Waals surface area contributed by atoms with Crippen LogP contribution in [-0.2, 0) is 71.2 Å². The van der Waals surface area contributed by atoms with Crippen LogP contribution in [0.15, 0.2) is 4.99 Å². The Balaban J connectivity index is 0.000000371. The number of nitrogens with one attached hydrogen (secondary N) is 1. The first-order chi connectivity index (χ1) is 4.70. The Morgan fingerprint density at radius 2 is 1.80 bits per heavy atom. The van der Waals surface area contributed by atoms with Gasteiger partial charge in [0, 0.05) is 0 Å². The molecule has 0 amide bonds. The second kappa shape index (κ2) is 6.74. The van der Waals surface area contributed by atoms with E-state index in [1.165, 1.54) is 38.7 Å². The van der Waals surface area contributed by atoms with Crippen molar-refractivity contribution in [2.75, 3.05) is 0 Å². The van der Waals surface area contributed by atoms with Crippen molar-refractivity contribution < 1.29 is 71.2 Å². The summed E-state index contributed by atoms with van der Waals surface area (Å²) in [5, 5.41) is 3.43. The van der Waals surface area contributed by atoms with E-state index >= 15 is 0 Å². The van der Waals surface area contributed by atoms with E-state index in [0.717, 1.165) is 8.04 Å². The Bertz CT molecular complexity index is 201. The van der Waals surface area contributed by atoms with E-state index in [0.29, 0.717) is 5.29 Å². The minimum absolute atomic E-state index is 0.514. The summed E-state index contributed by atoms with van der Waals surface area (Å²) in [6.45, 7) is 0. The van der Waals surface area contributed by atoms with Gasteiger partial charge in [-0.1, -0.05) is 0 Å². The van der Waals surface area contributed by atoms with Crippen LogP contribution in [0.1, 0.15) is 0 Å². The Hall–Kier alpha value is 2.25. The van der Waals surface area contributed by atoms with Crippen LogP contribution in [0.4, 0.5) is 0 Å². The zero-order valence-electron chi connectivity index (χ0n) is 4.46. The SMILES string of the molecule is ClC1=N[C](=[W])[C](=[W])N1.[W]=[W]. The van der Waals surface area contributed by atoms with Crippen molar-refractivity contribution in [2.24, 2.45) is 4.99 Å². The number of hydrogen-bond acceptors (Lipinski definition) is 2. The molecule has 0 aromatic rings. The molecule has 0 saturated carbocycles.